The quantitative estimate of drug-likeness (QED) is 0.649. The number of anilines is 3. The summed E-state index contributed by atoms with van der Waals surface area (Å²) in [6.07, 6.45) is 0. The molecule has 0 unspecified atom stereocenters. The predicted molar refractivity (Wildman–Crippen MR) is 78.0 cm³/mol. The number of benzene rings is 2. The summed E-state index contributed by atoms with van der Waals surface area (Å²) in [4.78, 5) is 0. The van der Waals surface area contributed by atoms with Crippen molar-refractivity contribution in [3.8, 4) is 0 Å². The molecule has 2 rings (SSSR count). The van der Waals surface area contributed by atoms with Gasteiger partial charge in [-0.15, -0.1) is 0 Å². The van der Waals surface area contributed by atoms with Crippen molar-refractivity contribution >= 4 is 39.7 Å². The summed E-state index contributed by atoms with van der Waals surface area (Å²) >= 11 is 2.29. The average Bonchev–Trinajstić information content (AvgIpc) is 2.27. The number of nitrogen functional groups attached to an aromatic ring is 1. The molecule has 0 aliphatic heterocycles. The van der Waals surface area contributed by atoms with Crippen LogP contribution in [0.1, 0.15) is 5.56 Å². The SMILES string of the molecule is Cc1ccc(Nc2ccc(I)cc2)cc1N. The largest absolute Gasteiger partial charge is 0.398 e. The Kier molecular flexibility index (Phi) is 3.33. The number of hydrogen-bond acceptors (Lipinski definition) is 2. The van der Waals surface area contributed by atoms with E-state index >= 15 is 0 Å². The van der Waals surface area contributed by atoms with Crippen LogP contribution in [-0.4, -0.2) is 0 Å². The van der Waals surface area contributed by atoms with Gasteiger partial charge in [0, 0.05) is 20.6 Å². The molecule has 2 aromatic rings. The van der Waals surface area contributed by atoms with Crippen LogP contribution in [0.5, 0.6) is 0 Å². The van der Waals surface area contributed by atoms with Crippen molar-refractivity contribution in [1.82, 2.24) is 0 Å². The Morgan fingerprint density at radius 1 is 1.00 bits per heavy atom. The Balaban J connectivity index is 2.20. The number of rotatable bonds is 2. The topological polar surface area (TPSA) is 38.0 Å². The number of nitrogens with one attached hydrogen (secondary N) is 1. The molecule has 0 spiro atoms. The Labute approximate surface area is 109 Å². The van der Waals surface area contributed by atoms with Gasteiger partial charge in [0.15, 0.2) is 0 Å². The number of hydrogen-bond donors (Lipinski definition) is 2. The molecule has 82 valence electrons. The third-order valence-corrected chi connectivity index (χ3v) is 3.13. The van der Waals surface area contributed by atoms with Crippen molar-refractivity contribution in [1.29, 1.82) is 0 Å². The van der Waals surface area contributed by atoms with E-state index in [4.69, 9.17) is 5.73 Å². The zero-order chi connectivity index (χ0) is 11.5. The average molecular weight is 324 g/mol. The van der Waals surface area contributed by atoms with E-state index < -0.39 is 0 Å². The molecule has 2 aromatic carbocycles. The summed E-state index contributed by atoms with van der Waals surface area (Å²) in [5, 5.41) is 3.32. The highest BCUT2D eigenvalue weighted by Crippen LogP contribution is 2.21. The fourth-order valence-electron chi connectivity index (χ4n) is 1.42. The second kappa shape index (κ2) is 4.74. The van der Waals surface area contributed by atoms with Crippen LogP contribution in [0.25, 0.3) is 0 Å². The molecule has 0 radical (unpaired) electrons. The molecule has 3 heteroatoms. The van der Waals surface area contributed by atoms with Crippen molar-refractivity contribution in [2.24, 2.45) is 0 Å². The van der Waals surface area contributed by atoms with Gasteiger partial charge in [-0.05, 0) is 71.5 Å². The lowest BCUT2D eigenvalue weighted by molar-refractivity contribution is 1.45. The minimum atomic E-state index is 0.815. The fourth-order valence-corrected chi connectivity index (χ4v) is 1.78. The van der Waals surface area contributed by atoms with Crippen molar-refractivity contribution in [2.75, 3.05) is 11.1 Å². The number of nitrogens with two attached hydrogens (primary N) is 1. The van der Waals surface area contributed by atoms with Crippen LogP contribution in [0, 0.1) is 10.5 Å². The summed E-state index contributed by atoms with van der Waals surface area (Å²) in [5.74, 6) is 0. The van der Waals surface area contributed by atoms with Crippen LogP contribution >= 0.6 is 22.6 Å². The first kappa shape index (κ1) is 11.3. The molecular formula is C13H13IN2. The zero-order valence-electron chi connectivity index (χ0n) is 9.00. The van der Waals surface area contributed by atoms with Crippen molar-refractivity contribution < 1.29 is 0 Å². The molecule has 0 aliphatic rings. The van der Waals surface area contributed by atoms with Gasteiger partial charge < -0.3 is 11.1 Å². The normalized spacial score (nSPS) is 10.1. The van der Waals surface area contributed by atoms with Gasteiger partial charge >= 0.3 is 0 Å². The summed E-state index contributed by atoms with van der Waals surface area (Å²) < 4.78 is 1.23. The second-order valence-electron chi connectivity index (χ2n) is 3.70. The minimum Gasteiger partial charge on any atom is -0.398 e. The third-order valence-electron chi connectivity index (χ3n) is 2.41. The summed E-state index contributed by atoms with van der Waals surface area (Å²) in [5.41, 5.74) is 9.87. The highest BCUT2D eigenvalue weighted by Gasteiger charge is 1.97. The van der Waals surface area contributed by atoms with E-state index in [-0.39, 0.29) is 0 Å². The molecule has 0 atom stereocenters. The molecule has 0 bridgehead atoms. The molecule has 0 fully saturated rings. The fraction of sp³-hybridized carbons (Fsp3) is 0.0769. The van der Waals surface area contributed by atoms with Crippen LogP contribution in [-0.2, 0) is 0 Å². The van der Waals surface area contributed by atoms with E-state index in [2.05, 4.69) is 52.2 Å². The second-order valence-corrected chi connectivity index (χ2v) is 4.95. The maximum Gasteiger partial charge on any atom is 0.0405 e. The predicted octanol–water partition coefficient (Wildman–Crippen LogP) is 3.93. The van der Waals surface area contributed by atoms with E-state index in [9.17, 15) is 0 Å². The first-order chi connectivity index (χ1) is 7.65. The molecule has 0 saturated heterocycles. The van der Waals surface area contributed by atoms with Crippen LogP contribution < -0.4 is 11.1 Å². The monoisotopic (exact) mass is 324 g/mol. The standard InChI is InChI=1S/C13H13IN2/c1-9-2-5-12(8-13(9)15)16-11-6-3-10(14)4-7-11/h2-8,16H,15H2,1H3. The van der Waals surface area contributed by atoms with Crippen LogP contribution in [0.3, 0.4) is 0 Å². The highest BCUT2D eigenvalue weighted by atomic mass is 127. The lowest BCUT2D eigenvalue weighted by atomic mass is 10.2. The number of halogens is 1. The van der Waals surface area contributed by atoms with Gasteiger partial charge in [-0.25, -0.2) is 0 Å². The first-order valence-corrected chi connectivity index (χ1v) is 6.12. The molecule has 2 nitrogen and oxygen atoms in total. The molecule has 0 heterocycles. The van der Waals surface area contributed by atoms with Gasteiger partial charge in [-0.3, -0.25) is 0 Å². The molecule has 16 heavy (non-hydrogen) atoms. The lowest BCUT2D eigenvalue weighted by Crippen LogP contribution is -1.94. The van der Waals surface area contributed by atoms with Gasteiger partial charge in [-0.1, -0.05) is 6.07 Å². The van der Waals surface area contributed by atoms with E-state index in [0.29, 0.717) is 0 Å². The summed E-state index contributed by atoms with van der Waals surface area (Å²) in [6, 6.07) is 14.2. The maximum atomic E-state index is 5.86. The minimum absolute atomic E-state index is 0.815. The molecule has 0 aromatic heterocycles. The van der Waals surface area contributed by atoms with Crippen molar-refractivity contribution in [3.63, 3.8) is 0 Å². The lowest BCUT2D eigenvalue weighted by Gasteiger charge is -2.08. The van der Waals surface area contributed by atoms with E-state index in [1.54, 1.807) is 0 Å². The maximum absolute atomic E-state index is 5.86. The first-order valence-electron chi connectivity index (χ1n) is 5.04. The van der Waals surface area contributed by atoms with Crippen molar-refractivity contribution in [3.05, 3.63) is 51.6 Å². The van der Waals surface area contributed by atoms with Gasteiger partial charge in [-0.2, -0.15) is 0 Å². The van der Waals surface area contributed by atoms with Crippen molar-refractivity contribution in [2.45, 2.75) is 6.92 Å². The molecule has 0 amide bonds. The molecule has 3 N–H and O–H groups in total. The highest BCUT2D eigenvalue weighted by molar-refractivity contribution is 14.1. The molecular weight excluding hydrogens is 311 g/mol. The Hall–Kier alpha value is -1.23. The Morgan fingerprint density at radius 2 is 1.62 bits per heavy atom. The Bertz CT molecular complexity index is 492. The van der Waals surface area contributed by atoms with Crippen LogP contribution in [0.15, 0.2) is 42.5 Å². The van der Waals surface area contributed by atoms with Crippen LogP contribution in [0.4, 0.5) is 17.1 Å². The third kappa shape index (κ3) is 2.66. The summed E-state index contributed by atoms with van der Waals surface area (Å²) in [6.45, 7) is 2.00. The van der Waals surface area contributed by atoms with Crippen LogP contribution in [0.2, 0.25) is 0 Å². The van der Waals surface area contributed by atoms with E-state index in [1.807, 2.05) is 25.1 Å². The van der Waals surface area contributed by atoms with Gasteiger partial charge in [0.1, 0.15) is 0 Å². The Morgan fingerprint density at radius 3 is 2.25 bits per heavy atom. The number of aryl methyl sites for hydroxylation is 1. The summed E-state index contributed by atoms with van der Waals surface area (Å²) in [7, 11) is 0. The molecule has 0 aliphatic carbocycles. The smallest absolute Gasteiger partial charge is 0.0405 e. The zero-order valence-corrected chi connectivity index (χ0v) is 11.2. The van der Waals surface area contributed by atoms with Gasteiger partial charge in [0.05, 0.1) is 0 Å². The van der Waals surface area contributed by atoms with E-state index in [0.717, 1.165) is 22.6 Å². The van der Waals surface area contributed by atoms with Gasteiger partial charge in [0.2, 0.25) is 0 Å². The van der Waals surface area contributed by atoms with E-state index in [1.165, 1.54) is 3.57 Å². The van der Waals surface area contributed by atoms with Gasteiger partial charge in [0.25, 0.3) is 0 Å². The molecule has 0 saturated carbocycles.